The molecule has 0 bridgehead atoms. The first-order valence-corrected chi connectivity index (χ1v) is 12.8. The highest BCUT2D eigenvalue weighted by atomic mass is 35.5. The second kappa shape index (κ2) is 8.29. The predicted octanol–water partition coefficient (Wildman–Crippen LogP) is 6.07. The summed E-state index contributed by atoms with van der Waals surface area (Å²) in [7, 11) is 0. The molecule has 2 fully saturated rings. The third-order valence-corrected chi connectivity index (χ3v) is 8.53. The highest BCUT2D eigenvalue weighted by Crippen LogP contribution is 2.37. The molecule has 0 spiro atoms. The van der Waals surface area contributed by atoms with Crippen molar-refractivity contribution in [2.24, 2.45) is 0 Å². The predicted molar refractivity (Wildman–Crippen MR) is 137 cm³/mol. The lowest BCUT2D eigenvalue weighted by Gasteiger charge is -2.40. The van der Waals surface area contributed by atoms with Crippen molar-refractivity contribution in [2.45, 2.75) is 38.1 Å². The molecule has 6 rings (SSSR count). The van der Waals surface area contributed by atoms with Crippen LogP contribution in [0, 0.1) is 0 Å². The average molecular weight is 464 g/mol. The van der Waals surface area contributed by atoms with Crippen LogP contribution in [0.2, 0.25) is 5.02 Å². The number of pyridine rings is 1. The van der Waals surface area contributed by atoms with Crippen LogP contribution in [0.5, 0.6) is 0 Å². The Balaban J connectivity index is 1.47. The summed E-state index contributed by atoms with van der Waals surface area (Å²) < 4.78 is 1.97. The minimum absolute atomic E-state index is 0.0549. The minimum atomic E-state index is 0.0549. The number of hydrogen-bond donors (Lipinski definition) is 0. The highest BCUT2D eigenvalue weighted by Gasteiger charge is 2.28. The lowest BCUT2D eigenvalue weighted by Crippen LogP contribution is -2.47. The number of fused-ring (bicyclic) bond motifs is 4. The van der Waals surface area contributed by atoms with Crippen molar-refractivity contribution in [3.63, 3.8) is 0 Å². The maximum Gasteiger partial charge on any atom is 0.196 e. The molecule has 2 aliphatic rings. The van der Waals surface area contributed by atoms with Gasteiger partial charge in [0.25, 0.3) is 0 Å². The zero-order valence-electron chi connectivity index (χ0n) is 18.0. The second-order valence-electron chi connectivity index (χ2n) is 9.04. The molecule has 0 saturated carbocycles. The maximum atomic E-state index is 13.6. The molecule has 0 unspecified atom stereocenters. The number of likely N-dealkylation sites (tertiary alicyclic amines) is 1. The van der Waals surface area contributed by atoms with Crippen LogP contribution in [0.3, 0.4) is 0 Å². The van der Waals surface area contributed by atoms with Crippen molar-refractivity contribution < 1.29 is 0 Å². The van der Waals surface area contributed by atoms with Gasteiger partial charge in [0.1, 0.15) is 5.82 Å². The Bertz CT molecular complexity index is 1370. The lowest BCUT2D eigenvalue weighted by atomic mass is 9.99. The molecule has 0 amide bonds. The molecule has 4 aromatic rings. The van der Waals surface area contributed by atoms with Crippen molar-refractivity contribution in [2.75, 3.05) is 31.1 Å². The summed E-state index contributed by atoms with van der Waals surface area (Å²) in [6.45, 7) is 4.47. The number of anilines is 1. The van der Waals surface area contributed by atoms with Gasteiger partial charge in [-0.1, -0.05) is 36.2 Å². The van der Waals surface area contributed by atoms with Crippen LogP contribution in [-0.4, -0.2) is 42.1 Å². The number of benzene rings is 2. The van der Waals surface area contributed by atoms with Gasteiger partial charge in [-0.3, -0.25) is 4.79 Å². The van der Waals surface area contributed by atoms with Crippen LogP contribution in [0.15, 0.2) is 47.3 Å². The summed E-state index contributed by atoms with van der Waals surface area (Å²) in [6.07, 6.45) is 6.37. The smallest absolute Gasteiger partial charge is 0.196 e. The van der Waals surface area contributed by atoms with Crippen molar-refractivity contribution in [1.82, 2.24) is 9.88 Å². The Hall–Kier alpha value is -2.21. The Kier molecular flexibility index (Phi) is 5.28. The standard InChI is InChI=1S/C26H26ClN3OS/c27-17-8-9-22-20(16-17)24(31)23-19-6-2-3-7-21(19)28-26(25(23)32-22)30-14-10-18(11-15-30)29-12-4-1-5-13-29/h2-3,6-9,16,18H,1,4-5,10-15H2. The number of halogens is 1. The number of piperidine rings is 2. The molecule has 32 heavy (non-hydrogen) atoms. The molecule has 2 aromatic carbocycles. The zero-order valence-corrected chi connectivity index (χ0v) is 19.6. The summed E-state index contributed by atoms with van der Waals surface area (Å²) in [5.41, 5.74) is 0.943. The topological polar surface area (TPSA) is 36.4 Å². The second-order valence-corrected chi connectivity index (χ2v) is 10.5. The van der Waals surface area contributed by atoms with Gasteiger partial charge in [0.2, 0.25) is 0 Å². The fraction of sp³-hybridized carbons (Fsp3) is 0.385. The molecule has 4 nitrogen and oxygen atoms in total. The molecular weight excluding hydrogens is 438 g/mol. The Morgan fingerprint density at radius 2 is 1.72 bits per heavy atom. The Labute approximate surface area is 196 Å². The van der Waals surface area contributed by atoms with Crippen LogP contribution < -0.4 is 10.3 Å². The van der Waals surface area contributed by atoms with E-state index in [2.05, 4.69) is 9.80 Å². The molecule has 2 aromatic heterocycles. The van der Waals surface area contributed by atoms with E-state index in [1.165, 1.54) is 32.4 Å². The summed E-state index contributed by atoms with van der Waals surface area (Å²) in [5.74, 6) is 0.967. The normalized spacial score (nSPS) is 18.7. The molecule has 0 radical (unpaired) electrons. The quantitative estimate of drug-likeness (QED) is 0.267. The van der Waals surface area contributed by atoms with E-state index in [-0.39, 0.29) is 5.43 Å². The summed E-state index contributed by atoms with van der Waals surface area (Å²) >= 11 is 7.90. The van der Waals surface area contributed by atoms with Gasteiger partial charge in [0.15, 0.2) is 5.43 Å². The molecule has 4 heterocycles. The van der Waals surface area contributed by atoms with Gasteiger partial charge in [-0.15, -0.1) is 11.3 Å². The van der Waals surface area contributed by atoms with Crippen molar-refractivity contribution >= 4 is 59.8 Å². The summed E-state index contributed by atoms with van der Waals surface area (Å²) in [5, 5.41) is 3.00. The van der Waals surface area contributed by atoms with E-state index in [1.54, 1.807) is 17.4 Å². The van der Waals surface area contributed by atoms with Crippen LogP contribution in [0.25, 0.3) is 31.1 Å². The molecule has 2 saturated heterocycles. The van der Waals surface area contributed by atoms with E-state index in [0.29, 0.717) is 16.5 Å². The third-order valence-electron chi connectivity index (χ3n) is 7.13. The van der Waals surface area contributed by atoms with Gasteiger partial charge < -0.3 is 9.80 Å². The van der Waals surface area contributed by atoms with Gasteiger partial charge in [-0.2, -0.15) is 0 Å². The molecule has 6 heteroatoms. The largest absolute Gasteiger partial charge is 0.355 e. The molecule has 0 N–H and O–H groups in total. The van der Waals surface area contributed by atoms with E-state index in [1.807, 2.05) is 36.4 Å². The first-order valence-electron chi connectivity index (χ1n) is 11.6. The van der Waals surface area contributed by atoms with Gasteiger partial charge in [-0.05, 0) is 63.0 Å². The average Bonchev–Trinajstić information content (AvgIpc) is 2.84. The first kappa shape index (κ1) is 20.4. The monoisotopic (exact) mass is 463 g/mol. The maximum absolute atomic E-state index is 13.6. The first-order chi connectivity index (χ1) is 15.7. The number of rotatable bonds is 2. The van der Waals surface area contributed by atoms with Crippen LogP contribution >= 0.6 is 22.9 Å². The van der Waals surface area contributed by atoms with Crippen LogP contribution in [0.1, 0.15) is 32.1 Å². The Morgan fingerprint density at radius 1 is 0.938 bits per heavy atom. The molecular formula is C26H26ClN3OS. The number of para-hydroxylation sites is 1. The molecule has 0 aliphatic carbocycles. The zero-order chi connectivity index (χ0) is 21.7. The molecule has 164 valence electrons. The van der Waals surface area contributed by atoms with E-state index < -0.39 is 0 Å². The Morgan fingerprint density at radius 3 is 2.53 bits per heavy atom. The minimum Gasteiger partial charge on any atom is -0.355 e. The molecule has 2 aliphatic heterocycles. The fourth-order valence-corrected chi connectivity index (χ4v) is 6.82. The van der Waals surface area contributed by atoms with Gasteiger partial charge >= 0.3 is 0 Å². The van der Waals surface area contributed by atoms with Crippen molar-refractivity contribution in [3.05, 3.63) is 57.7 Å². The highest BCUT2D eigenvalue weighted by molar-refractivity contribution is 7.25. The van der Waals surface area contributed by atoms with E-state index in [4.69, 9.17) is 16.6 Å². The SMILES string of the molecule is O=c1c2cc(Cl)ccc2sc2c(N3CCC(N4CCCCC4)CC3)nc3ccccc3c12. The number of nitrogens with zero attached hydrogens (tertiary/aromatic N) is 3. The van der Waals surface area contributed by atoms with Crippen LogP contribution in [0.4, 0.5) is 5.82 Å². The van der Waals surface area contributed by atoms with E-state index >= 15 is 0 Å². The van der Waals surface area contributed by atoms with Gasteiger partial charge in [0, 0.05) is 39.6 Å². The van der Waals surface area contributed by atoms with Gasteiger partial charge in [-0.25, -0.2) is 4.98 Å². The lowest BCUT2D eigenvalue weighted by molar-refractivity contribution is 0.141. The summed E-state index contributed by atoms with van der Waals surface area (Å²) in [4.78, 5) is 23.8. The van der Waals surface area contributed by atoms with Crippen molar-refractivity contribution in [3.8, 4) is 0 Å². The van der Waals surface area contributed by atoms with Crippen LogP contribution in [-0.2, 0) is 0 Å². The van der Waals surface area contributed by atoms with Gasteiger partial charge in [0.05, 0.1) is 15.6 Å². The number of hydrogen-bond acceptors (Lipinski definition) is 5. The van der Waals surface area contributed by atoms with E-state index in [9.17, 15) is 4.79 Å². The van der Waals surface area contributed by atoms with Crippen molar-refractivity contribution in [1.29, 1.82) is 0 Å². The fourth-order valence-electron chi connectivity index (χ4n) is 5.46. The molecule has 0 atom stereocenters. The number of aromatic nitrogens is 1. The summed E-state index contributed by atoms with van der Waals surface area (Å²) in [6, 6.07) is 14.3. The van der Waals surface area contributed by atoms with E-state index in [0.717, 1.165) is 57.4 Å². The third kappa shape index (κ3) is 3.47.